The number of aliphatic carboxylic acids is 1. The van der Waals surface area contributed by atoms with Crippen molar-refractivity contribution in [2.45, 2.75) is 31.7 Å². The molecular formula is C21H19Cl2N3O2. The van der Waals surface area contributed by atoms with E-state index in [2.05, 4.69) is 15.3 Å². The molecule has 1 aromatic heterocycles. The standard InChI is InChI=1S/C21H19Cl2N3O2/c22-16-8-7-12(10-17(16)23)15-5-2-6-18-19(15)20(25-11-24-18)26-14-4-1-3-13(9-14)21(27)28/h2,5-8,10-11,13-14H,1,3-4,9H2,(H,27,28)(H,24,25,26). The van der Waals surface area contributed by atoms with Crippen LogP contribution in [0.4, 0.5) is 5.82 Å². The lowest BCUT2D eigenvalue weighted by molar-refractivity contribution is -0.142. The van der Waals surface area contributed by atoms with E-state index in [1.54, 1.807) is 6.07 Å². The van der Waals surface area contributed by atoms with Crippen LogP contribution >= 0.6 is 23.2 Å². The largest absolute Gasteiger partial charge is 0.481 e. The molecule has 3 aromatic rings. The van der Waals surface area contributed by atoms with Gasteiger partial charge in [-0.1, -0.05) is 47.8 Å². The lowest BCUT2D eigenvalue weighted by Crippen LogP contribution is -2.31. The minimum absolute atomic E-state index is 0.0646. The van der Waals surface area contributed by atoms with Gasteiger partial charge in [-0.25, -0.2) is 9.97 Å². The number of carboxylic acid groups (broad SMARTS) is 1. The zero-order valence-electron chi connectivity index (χ0n) is 15.0. The summed E-state index contributed by atoms with van der Waals surface area (Å²) < 4.78 is 0. The summed E-state index contributed by atoms with van der Waals surface area (Å²) in [5, 5.41) is 14.7. The number of fused-ring (bicyclic) bond motifs is 1. The number of carboxylic acids is 1. The number of carbonyl (C=O) groups is 1. The number of rotatable bonds is 4. The summed E-state index contributed by atoms with van der Waals surface area (Å²) in [6, 6.07) is 11.5. The van der Waals surface area contributed by atoms with Crippen molar-refractivity contribution in [2.75, 3.05) is 5.32 Å². The Morgan fingerprint density at radius 2 is 1.96 bits per heavy atom. The second-order valence-electron chi connectivity index (χ2n) is 7.09. The smallest absolute Gasteiger partial charge is 0.306 e. The Hall–Kier alpha value is -2.37. The van der Waals surface area contributed by atoms with Crippen LogP contribution in [0.1, 0.15) is 25.7 Å². The molecule has 1 aliphatic carbocycles. The molecule has 0 radical (unpaired) electrons. The molecule has 4 rings (SSSR count). The quantitative estimate of drug-likeness (QED) is 0.574. The molecular weight excluding hydrogens is 397 g/mol. The van der Waals surface area contributed by atoms with E-state index in [4.69, 9.17) is 23.2 Å². The van der Waals surface area contributed by atoms with E-state index >= 15 is 0 Å². The molecule has 144 valence electrons. The van der Waals surface area contributed by atoms with Crippen LogP contribution < -0.4 is 5.32 Å². The molecule has 1 saturated carbocycles. The van der Waals surface area contributed by atoms with E-state index < -0.39 is 5.97 Å². The number of nitrogens with one attached hydrogen (secondary N) is 1. The summed E-state index contributed by atoms with van der Waals surface area (Å²) >= 11 is 12.3. The Morgan fingerprint density at radius 1 is 1.11 bits per heavy atom. The molecule has 2 unspecified atom stereocenters. The SMILES string of the molecule is O=C(O)C1CCCC(Nc2ncnc3cccc(-c4ccc(Cl)c(Cl)c4)c23)C1. The van der Waals surface area contributed by atoms with E-state index in [9.17, 15) is 9.90 Å². The second-order valence-corrected chi connectivity index (χ2v) is 7.91. The van der Waals surface area contributed by atoms with Crippen molar-refractivity contribution in [2.24, 2.45) is 5.92 Å². The van der Waals surface area contributed by atoms with Crippen molar-refractivity contribution < 1.29 is 9.90 Å². The van der Waals surface area contributed by atoms with Crippen LogP contribution in [0.15, 0.2) is 42.7 Å². The van der Waals surface area contributed by atoms with Gasteiger partial charge in [0.1, 0.15) is 12.1 Å². The maximum atomic E-state index is 11.4. The van der Waals surface area contributed by atoms with Crippen molar-refractivity contribution in [3.63, 3.8) is 0 Å². The highest BCUT2D eigenvalue weighted by atomic mass is 35.5. The third-order valence-corrected chi connectivity index (χ3v) is 6.00. The van der Waals surface area contributed by atoms with E-state index in [1.807, 2.05) is 30.3 Å². The maximum Gasteiger partial charge on any atom is 0.306 e. The average Bonchev–Trinajstić information content (AvgIpc) is 2.70. The highest BCUT2D eigenvalue weighted by Crippen LogP contribution is 2.36. The number of hydrogen-bond acceptors (Lipinski definition) is 4. The van der Waals surface area contributed by atoms with Gasteiger partial charge in [0, 0.05) is 6.04 Å². The fourth-order valence-electron chi connectivity index (χ4n) is 3.86. The fraction of sp³-hybridized carbons (Fsp3) is 0.286. The number of hydrogen-bond donors (Lipinski definition) is 2. The number of benzene rings is 2. The number of anilines is 1. The van der Waals surface area contributed by atoms with E-state index in [0.29, 0.717) is 22.3 Å². The number of halogens is 2. The van der Waals surface area contributed by atoms with Crippen LogP contribution in [0.25, 0.3) is 22.0 Å². The van der Waals surface area contributed by atoms with Gasteiger partial charge in [0.15, 0.2) is 0 Å². The van der Waals surface area contributed by atoms with Crippen molar-refractivity contribution in [1.82, 2.24) is 9.97 Å². The zero-order chi connectivity index (χ0) is 19.7. The highest BCUT2D eigenvalue weighted by molar-refractivity contribution is 6.42. The molecule has 0 bridgehead atoms. The zero-order valence-corrected chi connectivity index (χ0v) is 16.5. The first kappa shape index (κ1) is 19.0. The second kappa shape index (κ2) is 7.94. The van der Waals surface area contributed by atoms with Crippen LogP contribution in [0, 0.1) is 5.92 Å². The molecule has 0 amide bonds. The molecule has 1 fully saturated rings. The van der Waals surface area contributed by atoms with E-state index in [-0.39, 0.29) is 12.0 Å². The first-order valence-corrected chi connectivity index (χ1v) is 9.97. The van der Waals surface area contributed by atoms with Gasteiger partial charge in [0.25, 0.3) is 0 Å². The maximum absolute atomic E-state index is 11.4. The predicted octanol–water partition coefficient (Wildman–Crippen LogP) is 5.66. The first-order chi connectivity index (χ1) is 13.5. The minimum Gasteiger partial charge on any atom is -0.481 e. The molecule has 2 aromatic carbocycles. The third-order valence-electron chi connectivity index (χ3n) is 5.26. The lowest BCUT2D eigenvalue weighted by Gasteiger charge is -2.28. The van der Waals surface area contributed by atoms with Gasteiger partial charge in [-0.05, 0) is 48.6 Å². The monoisotopic (exact) mass is 415 g/mol. The normalized spacial score (nSPS) is 19.5. The van der Waals surface area contributed by atoms with Gasteiger partial charge in [-0.2, -0.15) is 0 Å². The molecule has 5 nitrogen and oxygen atoms in total. The summed E-state index contributed by atoms with van der Waals surface area (Å²) in [6.07, 6.45) is 4.66. The highest BCUT2D eigenvalue weighted by Gasteiger charge is 2.27. The Bertz CT molecular complexity index is 1040. The summed E-state index contributed by atoms with van der Waals surface area (Å²) in [5.74, 6) is -0.327. The number of nitrogens with zero attached hydrogens (tertiary/aromatic N) is 2. The summed E-state index contributed by atoms with van der Waals surface area (Å²) in [5.41, 5.74) is 2.68. The average molecular weight is 416 g/mol. The van der Waals surface area contributed by atoms with Crippen LogP contribution in [0.2, 0.25) is 10.0 Å². The van der Waals surface area contributed by atoms with Gasteiger partial charge in [-0.3, -0.25) is 4.79 Å². The Balaban J connectivity index is 1.75. The molecule has 0 saturated heterocycles. The van der Waals surface area contributed by atoms with E-state index in [1.165, 1.54) is 6.33 Å². The topological polar surface area (TPSA) is 75.1 Å². The Kier molecular flexibility index (Phi) is 5.38. The molecule has 28 heavy (non-hydrogen) atoms. The first-order valence-electron chi connectivity index (χ1n) is 9.21. The molecule has 1 aliphatic rings. The predicted molar refractivity (Wildman–Crippen MR) is 112 cm³/mol. The Labute approximate surface area is 172 Å². The van der Waals surface area contributed by atoms with Gasteiger partial charge < -0.3 is 10.4 Å². The summed E-state index contributed by atoms with van der Waals surface area (Å²) in [4.78, 5) is 20.3. The number of aromatic nitrogens is 2. The molecule has 0 spiro atoms. The van der Waals surface area contributed by atoms with Crippen molar-refractivity contribution >= 4 is 45.9 Å². The van der Waals surface area contributed by atoms with Crippen molar-refractivity contribution in [3.05, 3.63) is 52.8 Å². The van der Waals surface area contributed by atoms with Gasteiger partial charge >= 0.3 is 5.97 Å². The molecule has 2 N–H and O–H groups in total. The van der Waals surface area contributed by atoms with Crippen LogP contribution in [-0.2, 0) is 4.79 Å². The Morgan fingerprint density at radius 3 is 2.75 bits per heavy atom. The molecule has 2 atom stereocenters. The molecule has 1 heterocycles. The summed E-state index contributed by atoms with van der Waals surface area (Å²) in [7, 11) is 0. The minimum atomic E-state index is -0.726. The lowest BCUT2D eigenvalue weighted by atomic mass is 9.85. The van der Waals surface area contributed by atoms with Gasteiger partial charge in [0.05, 0.1) is 26.9 Å². The van der Waals surface area contributed by atoms with Crippen LogP contribution in [0.3, 0.4) is 0 Å². The fourth-order valence-corrected chi connectivity index (χ4v) is 4.16. The van der Waals surface area contributed by atoms with Gasteiger partial charge in [0.2, 0.25) is 0 Å². The van der Waals surface area contributed by atoms with Crippen LogP contribution in [0.5, 0.6) is 0 Å². The van der Waals surface area contributed by atoms with Gasteiger partial charge in [-0.15, -0.1) is 0 Å². The summed E-state index contributed by atoms with van der Waals surface area (Å²) in [6.45, 7) is 0. The molecule has 7 heteroatoms. The third kappa shape index (κ3) is 3.77. The van der Waals surface area contributed by atoms with Crippen molar-refractivity contribution in [3.8, 4) is 11.1 Å². The molecule has 0 aliphatic heterocycles. The van der Waals surface area contributed by atoms with E-state index in [0.717, 1.165) is 41.3 Å². The van der Waals surface area contributed by atoms with Crippen molar-refractivity contribution in [1.29, 1.82) is 0 Å². The van der Waals surface area contributed by atoms with Crippen LogP contribution in [-0.4, -0.2) is 27.1 Å².